The number of piperidine rings is 2. The van der Waals surface area contributed by atoms with Crippen LogP contribution in [-0.2, 0) is 9.47 Å². The van der Waals surface area contributed by atoms with Crippen molar-refractivity contribution >= 4 is 278 Å². The number of carbonyl (C=O) groups excluding carboxylic acids is 2. The number of nitrogens with zero attached hydrogens (tertiary/aromatic N) is 2. The Morgan fingerprint density at radius 2 is 0.848 bits per heavy atom. The molecule has 0 saturated carbocycles. The lowest BCUT2D eigenvalue weighted by Crippen LogP contribution is -2.46. The lowest BCUT2D eigenvalue weighted by atomic mass is 9.93. The molecule has 2 spiro atoms. The van der Waals surface area contributed by atoms with Crippen LogP contribution >= 0.6 is 266 Å². The molecule has 38 heteroatoms. The van der Waals surface area contributed by atoms with Gasteiger partial charge in [-0.3, -0.25) is 9.59 Å². The smallest absolute Gasteiger partial charge is 0.254 e. The second-order valence-corrected chi connectivity index (χ2v) is 133. The SMILES string of the molecule is O=C1c2ccccc2C2CC3(CCN12)OCCO3.O=C1c2ccccc2C2CC3(CCN12)SCCS3.PP(P)P(P(P)P)P(P(P)P)P(P)P.PP(P)P(P)P(P(P)P)P(P(P)P)P(P)P. The Morgan fingerprint density at radius 3 is 1.24 bits per heavy atom. The molecular weight excluding hydrogens is 1420 g/mol. The second kappa shape index (κ2) is 32.8. The van der Waals surface area contributed by atoms with Crippen LogP contribution in [0.2, 0.25) is 0 Å². The molecule has 6 nitrogen and oxygen atoms in total. The van der Waals surface area contributed by atoms with E-state index in [4.69, 9.17) is 9.47 Å². The van der Waals surface area contributed by atoms with Gasteiger partial charge in [0, 0.05) is 48.6 Å². The standard InChI is InChI=1S/C14H15NO3.C14H15NOS2.H18P16.H16P14/c2*16-13-11-4-2-1-3-10(11)12-9-14(5-6-15(12)13)17-7-8-18-14;1-10(2)14(9)16(13(7)8)15(11(3)4)12(5)6;1-9(2)13(10(3)4)14(11(5)6)12(7)8/h2*1-4,12H,5-9H2;1-9H2;1-8H2. The number of hydrogen-bond donors (Lipinski definition) is 0. The lowest BCUT2D eigenvalue weighted by Gasteiger charge is -2.41. The van der Waals surface area contributed by atoms with Crippen molar-refractivity contribution in [3.63, 3.8) is 0 Å². The van der Waals surface area contributed by atoms with Gasteiger partial charge in [-0.15, -0.1) is 175 Å². The number of ether oxygens (including phenoxy) is 2. The van der Waals surface area contributed by atoms with E-state index in [1.807, 2.05) is 41.3 Å². The summed E-state index contributed by atoms with van der Waals surface area (Å²) in [5, 5.41) is 0. The molecule has 2 aromatic carbocycles. The molecule has 0 bridgehead atoms. The molecule has 4 fully saturated rings. The van der Waals surface area contributed by atoms with Crippen LogP contribution in [0.3, 0.4) is 0 Å². The minimum atomic E-state index is -0.446. The summed E-state index contributed by atoms with van der Waals surface area (Å²) in [5.74, 6) is 2.50. The van der Waals surface area contributed by atoms with Gasteiger partial charge in [0.2, 0.25) is 0 Å². The van der Waals surface area contributed by atoms with Gasteiger partial charge in [0.1, 0.15) is 0 Å². The zero-order chi connectivity index (χ0) is 48.8. The van der Waals surface area contributed by atoms with E-state index in [0.29, 0.717) is 23.3 Å². The van der Waals surface area contributed by atoms with Gasteiger partial charge in [0.15, 0.2) is 5.79 Å². The first-order valence-electron chi connectivity index (χ1n) is 19.5. The molecule has 0 aromatic heterocycles. The fourth-order valence-electron chi connectivity index (χ4n) is 8.03. The highest BCUT2D eigenvalue weighted by atomic mass is 33.4. The Bertz CT molecular complexity index is 1770. The fraction of sp³-hybridized carbons (Fsp3) is 0.500. The highest BCUT2D eigenvalue weighted by Crippen LogP contribution is 3.25. The zero-order valence-electron chi connectivity index (χ0n) is 35.8. The highest BCUT2D eigenvalue weighted by molar-refractivity contribution is 9.30. The summed E-state index contributed by atoms with van der Waals surface area (Å²) in [6.07, 6.45) is 3.82. The Hall–Kier alpha value is 10.9. The molecule has 6 aliphatic heterocycles. The number of fused-ring (bicyclic) bond motifs is 6. The number of rotatable bonds is 11. The highest BCUT2D eigenvalue weighted by Gasteiger charge is 2.50. The van der Waals surface area contributed by atoms with Gasteiger partial charge < -0.3 is 19.3 Å². The maximum atomic E-state index is 12.3. The molecule has 6 aliphatic rings. The third-order valence-electron chi connectivity index (χ3n) is 10.7. The van der Waals surface area contributed by atoms with Crippen LogP contribution in [0.25, 0.3) is 0 Å². The number of carbonyl (C=O) groups is 2. The minimum Gasteiger partial charge on any atom is -0.347 e. The first-order chi connectivity index (χ1) is 31.1. The molecule has 2 amide bonds. The van der Waals surface area contributed by atoms with Gasteiger partial charge in [-0.05, 0) is 127 Å². The average molecular weight is 1490 g/mol. The van der Waals surface area contributed by atoms with Crippen molar-refractivity contribution in [1.29, 1.82) is 0 Å². The van der Waals surface area contributed by atoms with Gasteiger partial charge >= 0.3 is 0 Å². The summed E-state index contributed by atoms with van der Waals surface area (Å²) in [6, 6.07) is 16.5. The second-order valence-electron chi connectivity index (χ2n) is 14.8. The molecule has 0 aliphatic carbocycles. The maximum absolute atomic E-state index is 12.3. The average Bonchev–Trinajstić information content (AvgIpc) is 4.04. The zero-order valence-corrected chi connectivity index (χ0v) is 68.7. The Morgan fingerprint density at radius 1 is 0.485 bits per heavy atom. The van der Waals surface area contributed by atoms with Crippen LogP contribution in [0.1, 0.15) is 69.6 Å². The van der Waals surface area contributed by atoms with Gasteiger partial charge in [-0.1, -0.05) is 36.4 Å². The van der Waals surface area contributed by atoms with Crippen LogP contribution in [0.4, 0.5) is 0 Å². The summed E-state index contributed by atoms with van der Waals surface area (Å²) >= 11 is 4.23. The van der Waals surface area contributed by atoms with Crippen LogP contribution in [0.15, 0.2) is 48.5 Å². The van der Waals surface area contributed by atoms with Crippen molar-refractivity contribution in [3.8, 4) is 0 Å². The number of amides is 2. The van der Waals surface area contributed by atoms with Crippen molar-refractivity contribution in [2.24, 2.45) is 0 Å². The van der Waals surface area contributed by atoms with Crippen molar-refractivity contribution in [2.75, 3.05) is 37.8 Å². The van der Waals surface area contributed by atoms with Crippen LogP contribution in [0.5, 0.6) is 0 Å². The predicted octanol–water partition coefficient (Wildman–Crippen LogP) is 21.6. The van der Waals surface area contributed by atoms with Crippen molar-refractivity contribution in [1.82, 2.24) is 9.80 Å². The van der Waals surface area contributed by atoms with Crippen LogP contribution < -0.4 is 0 Å². The monoisotopic (exact) mass is 1490 g/mol. The topological polar surface area (TPSA) is 59.1 Å². The summed E-state index contributed by atoms with van der Waals surface area (Å²) in [6.45, 7) is 4.47. The summed E-state index contributed by atoms with van der Waals surface area (Å²) in [4.78, 5) is 28.7. The fourth-order valence-corrected chi connectivity index (χ4v) is 322. The number of benzene rings is 2. The summed E-state index contributed by atoms with van der Waals surface area (Å²) in [5.41, 5.74) is 4.17. The van der Waals surface area contributed by atoms with E-state index in [1.165, 1.54) is 17.1 Å². The van der Waals surface area contributed by atoms with E-state index in [-0.39, 0.29) is 109 Å². The molecule has 0 N–H and O–H groups in total. The van der Waals surface area contributed by atoms with E-state index in [1.54, 1.807) is 0 Å². The Kier molecular flexibility index (Phi) is 33.7. The summed E-state index contributed by atoms with van der Waals surface area (Å²) in [7, 11) is 52.1. The molecule has 4 saturated heterocycles. The minimum absolute atomic E-state index is 0.0635. The molecule has 66 heavy (non-hydrogen) atoms. The lowest BCUT2D eigenvalue weighted by molar-refractivity contribution is -0.191. The Balaban J connectivity index is 0.000000166. The Labute approximate surface area is 458 Å². The van der Waals surface area contributed by atoms with E-state index in [9.17, 15) is 9.59 Å². The van der Waals surface area contributed by atoms with E-state index < -0.39 is 5.79 Å². The number of hydrogen-bond acceptors (Lipinski definition) is 6. The molecule has 21 atom stereocenters. The van der Waals surface area contributed by atoms with Crippen LogP contribution in [-0.4, -0.2) is 69.3 Å². The van der Waals surface area contributed by atoms with Gasteiger partial charge in [0.05, 0.1) is 29.4 Å². The maximum Gasteiger partial charge on any atom is 0.254 e. The van der Waals surface area contributed by atoms with Gasteiger partial charge in [-0.2, -0.15) is 0 Å². The van der Waals surface area contributed by atoms with E-state index in [0.717, 1.165) is 55.5 Å². The van der Waals surface area contributed by atoms with Crippen molar-refractivity contribution < 1.29 is 19.1 Å². The quantitative estimate of drug-likeness (QED) is 0.209. The third-order valence-corrected chi connectivity index (χ3v) is 189. The van der Waals surface area contributed by atoms with E-state index in [2.05, 4.69) is 192 Å². The van der Waals surface area contributed by atoms with Crippen molar-refractivity contribution in [2.45, 2.75) is 47.6 Å². The molecule has 6 heterocycles. The van der Waals surface area contributed by atoms with Crippen molar-refractivity contribution in [3.05, 3.63) is 70.8 Å². The third kappa shape index (κ3) is 18.4. The van der Waals surface area contributed by atoms with Gasteiger partial charge in [0.25, 0.3) is 11.8 Å². The predicted molar refractivity (Wildman–Crippen MR) is 396 cm³/mol. The largest absolute Gasteiger partial charge is 0.347 e. The van der Waals surface area contributed by atoms with Gasteiger partial charge in [-0.25, -0.2) is 0 Å². The number of thioether (sulfide) groups is 2. The molecule has 8 rings (SSSR count). The first-order valence-corrected chi connectivity index (χ1v) is 74.2. The molecule has 0 radical (unpaired) electrons. The molecular formula is C28H64N2O4P30S2. The van der Waals surface area contributed by atoms with E-state index >= 15 is 0 Å². The summed E-state index contributed by atoms with van der Waals surface area (Å²) < 4.78 is 11.9. The normalized spacial score (nSPS) is 22.5. The molecule has 21 unspecified atom stereocenters. The van der Waals surface area contributed by atoms with Crippen LogP contribution in [0, 0.1) is 0 Å². The molecule has 2 aromatic rings. The molecule has 372 valence electrons. The first kappa shape index (κ1) is 67.7.